The van der Waals surface area contributed by atoms with Gasteiger partial charge in [0.1, 0.15) is 11.8 Å². The van der Waals surface area contributed by atoms with Crippen molar-refractivity contribution in [3.63, 3.8) is 0 Å². The minimum atomic E-state index is -1.08. The molecule has 3 rings (SSSR count). The number of hydrogen-bond acceptors (Lipinski definition) is 3. The normalized spacial score (nSPS) is 12.1. The first-order valence-electron chi connectivity index (χ1n) is 10.2. The van der Waals surface area contributed by atoms with Crippen LogP contribution in [0.3, 0.4) is 0 Å². The van der Waals surface area contributed by atoms with Crippen molar-refractivity contribution < 1.29 is 19.4 Å². The quantitative estimate of drug-likeness (QED) is 0.547. The molecule has 0 fully saturated rings. The van der Waals surface area contributed by atoms with E-state index in [4.69, 9.17) is 4.74 Å². The summed E-state index contributed by atoms with van der Waals surface area (Å²) < 4.78 is 5.57. The molecule has 160 valence electrons. The highest BCUT2D eigenvalue weighted by atomic mass is 16.5. The van der Waals surface area contributed by atoms with E-state index in [1.807, 2.05) is 72.8 Å². The van der Waals surface area contributed by atoms with Crippen molar-refractivity contribution in [2.24, 2.45) is 0 Å². The molecule has 0 heterocycles. The van der Waals surface area contributed by atoms with E-state index in [-0.39, 0.29) is 18.4 Å². The largest absolute Gasteiger partial charge is 0.484 e. The van der Waals surface area contributed by atoms with Crippen LogP contribution in [0.15, 0.2) is 84.9 Å². The molecular formula is C26H27NO4. The van der Waals surface area contributed by atoms with Gasteiger partial charge in [0.15, 0.2) is 6.61 Å². The molecule has 0 aliphatic carbocycles. The van der Waals surface area contributed by atoms with Crippen molar-refractivity contribution in [2.75, 3.05) is 6.61 Å². The second-order valence-electron chi connectivity index (χ2n) is 7.95. The van der Waals surface area contributed by atoms with Crippen molar-refractivity contribution in [3.8, 4) is 5.75 Å². The molecule has 1 amide bonds. The Kier molecular flexibility index (Phi) is 7.08. The smallest absolute Gasteiger partial charge is 0.326 e. The van der Waals surface area contributed by atoms with Gasteiger partial charge in [0.05, 0.1) is 0 Å². The van der Waals surface area contributed by atoms with Crippen molar-refractivity contribution >= 4 is 11.9 Å². The van der Waals surface area contributed by atoms with E-state index in [1.165, 1.54) is 5.56 Å². The van der Waals surface area contributed by atoms with Gasteiger partial charge in [-0.15, -0.1) is 0 Å². The predicted octanol–water partition coefficient (Wildman–Crippen LogP) is 4.20. The van der Waals surface area contributed by atoms with Crippen LogP contribution in [0.4, 0.5) is 0 Å². The first-order valence-corrected chi connectivity index (χ1v) is 10.2. The van der Waals surface area contributed by atoms with Gasteiger partial charge >= 0.3 is 5.97 Å². The molecule has 3 aromatic carbocycles. The third-order valence-electron chi connectivity index (χ3n) is 5.36. The van der Waals surface area contributed by atoms with Crippen molar-refractivity contribution in [3.05, 3.63) is 102 Å². The Bertz CT molecular complexity index is 999. The summed E-state index contributed by atoms with van der Waals surface area (Å²) in [5.41, 5.74) is 3.02. The highest BCUT2D eigenvalue weighted by Crippen LogP contribution is 2.32. The second kappa shape index (κ2) is 9.94. The molecule has 5 heteroatoms. The summed E-state index contributed by atoms with van der Waals surface area (Å²) in [5, 5.41) is 11.9. The average Bonchev–Trinajstić information content (AvgIpc) is 2.79. The zero-order valence-corrected chi connectivity index (χ0v) is 17.7. The van der Waals surface area contributed by atoms with Crippen molar-refractivity contribution in [2.45, 2.75) is 31.7 Å². The highest BCUT2D eigenvalue weighted by molar-refractivity contribution is 5.84. The van der Waals surface area contributed by atoms with Crippen LogP contribution in [-0.4, -0.2) is 29.6 Å². The maximum atomic E-state index is 12.2. The van der Waals surface area contributed by atoms with E-state index < -0.39 is 17.9 Å². The Morgan fingerprint density at radius 2 is 1.42 bits per heavy atom. The van der Waals surface area contributed by atoms with Gasteiger partial charge in [0.25, 0.3) is 5.91 Å². The third kappa shape index (κ3) is 5.95. The highest BCUT2D eigenvalue weighted by Gasteiger charge is 2.23. The monoisotopic (exact) mass is 417 g/mol. The summed E-state index contributed by atoms with van der Waals surface area (Å²) in [7, 11) is 0. The Morgan fingerprint density at radius 3 is 2.00 bits per heavy atom. The number of nitrogens with one attached hydrogen (secondary N) is 1. The summed E-state index contributed by atoms with van der Waals surface area (Å²) in [5.74, 6) is -1.00. The van der Waals surface area contributed by atoms with Gasteiger partial charge in [-0.3, -0.25) is 4.79 Å². The number of carboxylic acid groups (broad SMARTS) is 1. The summed E-state index contributed by atoms with van der Waals surface area (Å²) in [6.07, 6.45) is 0.213. The van der Waals surface area contributed by atoms with Crippen LogP contribution in [0, 0.1) is 0 Å². The number of ether oxygens (including phenoxy) is 1. The number of rotatable bonds is 9. The molecule has 0 saturated carbocycles. The summed E-state index contributed by atoms with van der Waals surface area (Å²) >= 11 is 0. The maximum Gasteiger partial charge on any atom is 0.326 e. The molecule has 3 aromatic rings. The molecule has 5 nitrogen and oxygen atoms in total. The second-order valence-corrected chi connectivity index (χ2v) is 7.95. The molecule has 0 bridgehead atoms. The fourth-order valence-electron chi connectivity index (χ4n) is 3.42. The van der Waals surface area contributed by atoms with Crippen LogP contribution < -0.4 is 10.1 Å². The lowest BCUT2D eigenvalue weighted by molar-refractivity contribution is -0.142. The van der Waals surface area contributed by atoms with Crippen LogP contribution in [0.25, 0.3) is 0 Å². The third-order valence-corrected chi connectivity index (χ3v) is 5.36. The summed E-state index contributed by atoms with van der Waals surface area (Å²) in [4.78, 5) is 23.7. The van der Waals surface area contributed by atoms with E-state index in [2.05, 4.69) is 31.3 Å². The molecule has 31 heavy (non-hydrogen) atoms. The lowest BCUT2D eigenvalue weighted by atomic mass is 9.78. The zero-order chi connectivity index (χ0) is 22.3. The molecule has 1 unspecified atom stereocenters. The van der Waals surface area contributed by atoms with Gasteiger partial charge in [-0.1, -0.05) is 86.6 Å². The van der Waals surface area contributed by atoms with Crippen LogP contribution in [0.5, 0.6) is 5.75 Å². The van der Waals surface area contributed by atoms with Crippen molar-refractivity contribution in [1.82, 2.24) is 5.32 Å². The van der Waals surface area contributed by atoms with Crippen LogP contribution >= 0.6 is 0 Å². The standard InChI is InChI=1S/C26H27NO4/c1-26(2,20-11-7-4-8-12-20)21-13-15-22(16-14-21)31-18-24(28)27-23(25(29)30)17-19-9-5-3-6-10-19/h3-16,23H,17-18H2,1-2H3,(H,27,28)(H,29,30). The summed E-state index contributed by atoms with van der Waals surface area (Å²) in [6, 6.07) is 26.0. The average molecular weight is 418 g/mol. The van der Waals surface area contributed by atoms with Gasteiger partial charge in [-0.25, -0.2) is 4.79 Å². The van der Waals surface area contributed by atoms with Gasteiger partial charge in [0, 0.05) is 11.8 Å². The Hall–Kier alpha value is -3.60. The number of amides is 1. The number of hydrogen-bond donors (Lipinski definition) is 2. The number of aliphatic carboxylic acids is 1. The molecule has 0 saturated heterocycles. The molecule has 2 N–H and O–H groups in total. The lowest BCUT2D eigenvalue weighted by Crippen LogP contribution is -2.44. The summed E-state index contributed by atoms with van der Waals surface area (Å²) in [6.45, 7) is 4.06. The Balaban J connectivity index is 1.57. The molecule has 1 atom stereocenters. The van der Waals surface area contributed by atoms with E-state index in [0.717, 1.165) is 11.1 Å². The number of carbonyl (C=O) groups excluding carboxylic acids is 1. The minimum absolute atomic E-state index is 0.163. The molecule has 0 aliphatic heterocycles. The van der Waals surface area contributed by atoms with Gasteiger partial charge in [-0.05, 0) is 28.8 Å². The lowest BCUT2D eigenvalue weighted by Gasteiger charge is -2.26. The minimum Gasteiger partial charge on any atom is -0.484 e. The van der Waals surface area contributed by atoms with Crippen LogP contribution in [0.1, 0.15) is 30.5 Å². The van der Waals surface area contributed by atoms with E-state index in [9.17, 15) is 14.7 Å². The van der Waals surface area contributed by atoms with Crippen LogP contribution in [0.2, 0.25) is 0 Å². The van der Waals surface area contributed by atoms with Crippen LogP contribution in [-0.2, 0) is 21.4 Å². The molecule has 0 aromatic heterocycles. The number of benzene rings is 3. The maximum absolute atomic E-state index is 12.2. The number of carbonyl (C=O) groups is 2. The topological polar surface area (TPSA) is 75.6 Å². The molecule has 0 radical (unpaired) electrons. The molecular weight excluding hydrogens is 390 g/mol. The van der Waals surface area contributed by atoms with E-state index in [0.29, 0.717) is 5.75 Å². The first kappa shape index (κ1) is 22.1. The first-order chi connectivity index (χ1) is 14.9. The van der Waals surface area contributed by atoms with Crippen molar-refractivity contribution in [1.29, 1.82) is 0 Å². The van der Waals surface area contributed by atoms with Gasteiger partial charge in [-0.2, -0.15) is 0 Å². The van der Waals surface area contributed by atoms with E-state index in [1.54, 1.807) is 0 Å². The zero-order valence-electron chi connectivity index (χ0n) is 17.7. The molecule has 0 aliphatic rings. The number of carboxylic acids is 1. The van der Waals surface area contributed by atoms with Gasteiger partial charge < -0.3 is 15.2 Å². The fraction of sp³-hybridized carbons (Fsp3) is 0.231. The fourth-order valence-corrected chi connectivity index (χ4v) is 3.42. The predicted molar refractivity (Wildman–Crippen MR) is 120 cm³/mol. The Morgan fingerprint density at radius 1 is 0.871 bits per heavy atom. The SMILES string of the molecule is CC(C)(c1ccccc1)c1ccc(OCC(=O)NC(Cc2ccccc2)C(=O)O)cc1. The Labute approximate surface area is 182 Å². The molecule has 0 spiro atoms. The van der Waals surface area contributed by atoms with Gasteiger partial charge in [0.2, 0.25) is 0 Å². The van der Waals surface area contributed by atoms with E-state index >= 15 is 0 Å².